The summed E-state index contributed by atoms with van der Waals surface area (Å²) in [6, 6.07) is 0.240. The van der Waals surface area contributed by atoms with Gasteiger partial charge in [-0.15, -0.1) is 0 Å². The van der Waals surface area contributed by atoms with Gasteiger partial charge in [0.2, 0.25) is 5.95 Å². The molecule has 1 saturated carbocycles. The highest BCUT2D eigenvalue weighted by molar-refractivity contribution is 5.44. The van der Waals surface area contributed by atoms with Crippen LogP contribution in [-0.4, -0.2) is 29.6 Å². The summed E-state index contributed by atoms with van der Waals surface area (Å²) < 4.78 is 13.8. The van der Waals surface area contributed by atoms with E-state index in [1.165, 1.54) is 19.0 Å². The maximum atomic E-state index is 13.8. The number of rotatable bonds is 5. The van der Waals surface area contributed by atoms with E-state index in [1.54, 1.807) is 7.05 Å². The van der Waals surface area contributed by atoms with Crippen LogP contribution in [0.1, 0.15) is 26.7 Å². The van der Waals surface area contributed by atoms with E-state index in [1.807, 2.05) is 4.90 Å². The van der Waals surface area contributed by atoms with Crippen molar-refractivity contribution in [1.29, 1.82) is 0 Å². The van der Waals surface area contributed by atoms with Gasteiger partial charge in [0.05, 0.1) is 6.20 Å². The minimum Gasteiger partial charge on any atom is -0.357 e. The van der Waals surface area contributed by atoms with Crippen LogP contribution >= 0.6 is 0 Å². The number of hydrogen-bond donors (Lipinski definition) is 1. The molecule has 1 aromatic rings. The molecule has 0 unspecified atom stereocenters. The van der Waals surface area contributed by atoms with Crippen LogP contribution in [0.2, 0.25) is 0 Å². The molecule has 94 valence electrons. The van der Waals surface area contributed by atoms with Crippen molar-refractivity contribution in [2.75, 3.05) is 23.8 Å². The highest BCUT2D eigenvalue weighted by Gasteiger charge is 2.27. The van der Waals surface area contributed by atoms with Crippen molar-refractivity contribution in [2.45, 2.75) is 32.7 Å². The van der Waals surface area contributed by atoms with Crippen molar-refractivity contribution in [2.24, 2.45) is 5.92 Å². The molecule has 0 aliphatic heterocycles. The average molecular weight is 238 g/mol. The Kier molecular flexibility index (Phi) is 3.45. The first-order valence-corrected chi connectivity index (χ1v) is 6.08. The van der Waals surface area contributed by atoms with Crippen LogP contribution in [0.25, 0.3) is 0 Å². The molecule has 1 N–H and O–H groups in total. The molecule has 5 heteroatoms. The lowest BCUT2D eigenvalue weighted by molar-refractivity contribution is 0.573. The molecule has 1 aliphatic rings. The maximum Gasteiger partial charge on any atom is 0.224 e. The normalized spacial score (nSPS) is 15.1. The summed E-state index contributed by atoms with van der Waals surface area (Å²) in [5, 5.41) is 2.84. The van der Waals surface area contributed by atoms with E-state index in [4.69, 9.17) is 0 Å². The zero-order chi connectivity index (χ0) is 12.4. The molecule has 4 nitrogen and oxygen atoms in total. The smallest absolute Gasteiger partial charge is 0.224 e. The lowest BCUT2D eigenvalue weighted by Gasteiger charge is -2.28. The Morgan fingerprint density at radius 2 is 2.24 bits per heavy atom. The molecule has 0 radical (unpaired) electrons. The van der Waals surface area contributed by atoms with Crippen LogP contribution in [0, 0.1) is 11.7 Å². The van der Waals surface area contributed by atoms with Crippen LogP contribution in [0.3, 0.4) is 0 Å². The fourth-order valence-electron chi connectivity index (χ4n) is 1.80. The molecule has 1 aliphatic carbocycles. The third-order valence-corrected chi connectivity index (χ3v) is 3.00. The monoisotopic (exact) mass is 238 g/mol. The summed E-state index contributed by atoms with van der Waals surface area (Å²) in [6.45, 7) is 5.00. The number of anilines is 2. The molecule has 17 heavy (non-hydrogen) atoms. The highest BCUT2D eigenvalue weighted by atomic mass is 19.1. The van der Waals surface area contributed by atoms with Gasteiger partial charge in [0.25, 0.3) is 0 Å². The van der Waals surface area contributed by atoms with Crippen molar-refractivity contribution in [3.05, 3.63) is 12.0 Å². The first-order valence-electron chi connectivity index (χ1n) is 6.08. The van der Waals surface area contributed by atoms with Gasteiger partial charge in [0, 0.05) is 19.6 Å². The summed E-state index contributed by atoms with van der Waals surface area (Å²) in [7, 11) is 1.73. The van der Waals surface area contributed by atoms with E-state index in [-0.39, 0.29) is 11.9 Å². The van der Waals surface area contributed by atoms with Crippen molar-refractivity contribution in [3.63, 3.8) is 0 Å². The zero-order valence-electron chi connectivity index (χ0n) is 10.6. The first kappa shape index (κ1) is 12.1. The molecule has 0 amide bonds. The molecule has 1 heterocycles. The Morgan fingerprint density at radius 1 is 1.53 bits per heavy atom. The number of aromatic nitrogens is 2. The van der Waals surface area contributed by atoms with E-state index >= 15 is 0 Å². The quantitative estimate of drug-likeness (QED) is 0.854. The predicted octanol–water partition coefficient (Wildman–Crippen LogP) is 2.28. The standard InChI is InChI=1S/C12H19FN4/c1-8(2)17(7-9-4-5-9)11-10(13)6-15-12(14-3)16-11/h6,8-9H,4-5,7H2,1-3H3,(H,14,15,16). The average Bonchev–Trinajstić information content (AvgIpc) is 3.10. The predicted molar refractivity (Wildman–Crippen MR) is 66.7 cm³/mol. The number of hydrogen-bond acceptors (Lipinski definition) is 4. The SMILES string of the molecule is CNc1ncc(F)c(N(CC2CC2)C(C)C)n1. The van der Waals surface area contributed by atoms with Gasteiger partial charge in [-0.1, -0.05) is 0 Å². The lowest BCUT2D eigenvalue weighted by Crippen LogP contribution is -2.34. The third kappa shape index (κ3) is 2.84. The van der Waals surface area contributed by atoms with E-state index in [9.17, 15) is 4.39 Å². The Morgan fingerprint density at radius 3 is 2.76 bits per heavy atom. The van der Waals surface area contributed by atoms with Gasteiger partial charge in [-0.2, -0.15) is 4.98 Å². The summed E-state index contributed by atoms with van der Waals surface area (Å²) >= 11 is 0. The second-order valence-electron chi connectivity index (χ2n) is 4.80. The first-order chi connectivity index (χ1) is 8.11. The molecule has 0 atom stereocenters. The third-order valence-electron chi connectivity index (χ3n) is 3.00. The van der Waals surface area contributed by atoms with E-state index in [2.05, 4.69) is 29.1 Å². The van der Waals surface area contributed by atoms with E-state index in [0.29, 0.717) is 17.7 Å². The fraction of sp³-hybridized carbons (Fsp3) is 0.667. The van der Waals surface area contributed by atoms with Crippen molar-refractivity contribution >= 4 is 11.8 Å². The van der Waals surface area contributed by atoms with E-state index in [0.717, 1.165) is 6.54 Å². The molecule has 2 rings (SSSR count). The van der Waals surface area contributed by atoms with E-state index < -0.39 is 0 Å². The molecule has 0 saturated heterocycles. The van der Waals surface area contributed by atoms with Crippen LogP contribution in [-0.2, 0) is 0 Å². The summed E-state index contributed by atoms with van der Waals surface area (Å²) in [4.78, 5) is 10.1. The molecular formula is C12H19FN4. The molecule has 0 spiro atoms. The molecular weight excluding hydrogens is 219 g/mol. The number of nitrogens with zero attached hydrogens (tertiary/aromatic N) is 3. The van der Waals surface area contributed by atoms with Crippen molar-refractivity contribution < 1.29 is 4.39 Å². The minimum absolute atomic E-state index is 0.240. The molecule has 0 aromatic carbocycles. The highest BCUT2D eigenvalue weighted by Crippen LogP contribution is 2.32. The number of halogens is 1. The molecule has 0 bridgehead atoms. The largest absolute Gasteiger partial charge is 0.357 e. The number of nitrogens with one attached hydrogen (secondary N) is 1. The zero-order valence-corrected chi connectivity index (χ0v) is 10.6. The van der Waals surface area contributed by atoms with Crippen LogP contribution in [0.4, 0.5) is 16.2 Å². The molecule has 1 fully saturated rings. The summed E-state index contributed by atoms with van der Waals surface area (Å²) in [6.07, 6.45) is 3.72. The van der Waals surface area contributed by atoms with Gasteiger partial charge in [-0.25, -0.2) is 9.37 Å². The van der Waals surface area contributed by atoms with Gasteiger partial charge in [0.1, 0.15) is 0 Å². The Balaban J connectivity index is 2.26. The van der Waals surface area contributed by atoms with Crippen molar-refractivity contribution in [3.8, 4) is 0 Å². The maximum absolute atomic E-state index is 13.8. The van der Waals surface area contributed by atoms with Gasteiger partial charge in [-0.3, -0.25) is 0 Å². The fourth-order valence-corrected chi connectivity index (χ4v) is 1.80. The molecule has 1 aromatic heterocycles. The Labute approximate surface area is 101 Å². The second kappa shape index (κ2) is 4.85. The van der Waals surface area contributed by atoms with Crippen molar-refractivity contribution in [1.82, 2.24) is 9.97 Å². The van der Waals surface area contributed by atoms with Crippen LogP contribution in [0.15, 0.2) is 6.20 Å². The van der Waals surface area contributed by atoms with Gasteiger partial charge >= 0.3 is 0 Å². The van der Waals surface area contributed by atoms with Gasteiger partial charge in [-0.05, 0) is 32.6 Å². The second-order valence-corrected chi connectivity index (χ2v) is 4.80. The summed E-state index contributed by atoms with van der Waals surface area (Å²) in [5.74, 6) is 1.22. The Bertz CT molecular complexity index is 390. The van der Waals surface area contributed by atoms with Gasteiger partial charge < -0.3 is 10.2 Å². The minimum atomic E-state index is -0.349. The van der Waals surface area contributed by atoms with Gasteiger partial charge in [0.15, 0.2) is 11.6 Å². The summed E-state index contributed by atoms with van der Waals surface area (Å²) in [5.41, 5.74) is 0. The Hall–Kier alpha value is -1.39. The lowest BCUT2D eigenvalue weighted by atomic mass is 10.2. The van der Waals surface area contributed by atoms with Crippen LogP contribution in [0.5, 0.6) is 0 Å². The topological polar surface area (TPSA) is 41.1 Å². The van der Waals surface area contributed by atoms with Crippen LogP contribution < -0.4 is 10.2 Å².